The van der Waals surface area contributed by atoms with Crippen molar-refractivity contribution in [3.63, 3.8) is 0 Å². The molecular formula is C6H15Cl2MgOSi. The first-order valence-corrected chi connectivity index (χ1v) is 10.9. The summed E-state index contributed by atoms with van der Waals surface area (Å²) >= 11 is -0.639. The van der Waals surface area contributed by atoms with Gasteiger partial charge >= 0.3 is 18.2 Å². The zero-order valence-electron chi connectivity index (χ0n) is 7.66. The Morgan fingerprint density at radius 2 is 1.64 bits per heavy atom. The van der Waals surface area contributed by atoms with Crippen LogP contribution in [0.4, 0.5) is 0 Å². The van der Waals surface area contributed by atoms with Crippen LogP contribution in [0.2, 0.25) is 13.1 Å². The molecule has 0 saturated carbocycles. The smallest absolute Gasteiger partial charge is 0.415 e. The van der Waals surface area contributed by atoms with Gasteiger partial charge in [-0.2, -0.15) is 0 Å². The quantitative estimate of drug-likeness (QED) is 0.658. The van der Waals surface area contributed by atoms with Gasteiger partial charge in [-0.05, 0) is 33.5 Å². The van der Waals surface area contributed by atoms with Gasteiger partial charge in [-0.1, -0.05) is 0 Å². The third kappa shape index (κ3) is 24.6. The van der Waals surface area contributed by atoms with E-state index in [0.29, 0.717) is 6.10 Å². The zero-order valence-corrected chi connectivity index (χ0v) is 11.6. The zero-order chi connectivity index (χ0) is 9.49. The summed E-state index contributed by atoms with van der Waals surface area (Å²) in [6, 6.07) is 0. The molecule has 5 heteroatoms. The highest BCUT2D eigenvalue weighted by atomic mass is 35.6. The van der Waals surface area contributed by atoms with Crippen molar-refractivity contribution >= 4 is 44.6 Å². The molecule has 65 valence electrons. The van der Waals surface area contributed by atoms with Crippen molar-refractivity contribution in [1.82, 2.24) is 0 Å². The van der Waals surface area contributed by atoms with E-state index in [0.717, 1.165) is 0 Å². The van der Waals surface area contributed by atoms with E-state index in [4.69, 9.17) is 22.6 Å². The van der Waals surface area contributed by atoms with Crippen LogP contribution in [0.5, 0.6) is 0 Å². The minimum absolute atomic E-state index is 0.342. The summed E-state index contributed by atoms with van der Waals surface area (Å²) in [6.45, 7) is 12.2. The molecule has 1 radical (unpaired) electrons. The SMILES string of the molecule is [CH2][Si](C)(C)OC(C)C.[Cl][Mg][Cl]. The molecule has 0 aliphatic rings. The first kappa shape index (κ1) is 15.0. The highest BCUT2D eigenvalue weighted by Crippen LogP contribution is 2.04. The Kier molecular flexibility index (Phi) is 11.1. The summed E-state index contributed by atoms with van der Waals surface area (Å²) in [5.41, 5.74) is 0. The van der Waals surface area contributed by atoms with Crippen molar-refractivity contribution < 1.29 is 4.43 Å². The monoisotopic (exact) mass is 225 g/mol. The van der Waals surface area contributed by atoms with Gasteiger partial charge in [-0.3, -0.25) is 0 Å². The van der Waals surface area contributed by atoms with Gasteiger partial charge in [0.05, 0.1) is 0 Å². The summed E-state index contributed by atoms with van der Waals surface area (Å²) in [4.78, 5) is 0. The topological polar surface area (TPSA) is 9.23 Å². The molecule has 0 unspecified atom stereocenters. The first-order valence-electron chi connectivity index (χ1n) is 3.48. The lowest BCUT2D eigenvalue weighted by molar-refractivity contribution is 0.237. The van der Waals surface area contributed by atoms with E-state index in [1.807, 2.05) is 13.8 Å². The lowest BCUT2D eigenvalue weighted by atomic mass is 10.5. The molecule has 0 atom stereocenters. The van der Waals surface area contributed by atoms with Gasteiger partial charge < -0.3 is 22.6 Å². The van der Waals surface area contributed by atoms with E-state index in [1.54, 1.807) is 0 Å². The second kappa shape index (κ2) is 8.14. The van der Waals surface area contributed by atoms with Crippen LogP contribution >= 0.6 is 18.1 Å². The lowest BCUT2D eigenvalue weighted by Gasteiger charge is -2.19. The summed E-state index contributed by atoms with van der Waals surface area (Å²) in [5, 5.41) is 0. The van der Waals surface area contributed by atoms with Crippen molar-refractivity contribution in [2.45, 2.75) is 33.0 Å². The standard InChI is InChI=1S/C6H15OSi.2ClH.Mg/c1-6(2)7-8(3,4)5;;;/h6H,3H2,1-2,4-5H3;2*1H;/q;;;+2/p-2. The molecule has 0 aliphatic carbocycles. The molecule has 0 amide bonds. The number of halogens is 2. The molecule has 0 N–H and O–H groups in total. The fourth-order valence-corrected chi connectivity index (χ4v) is 1.91. The van der Waals surface area contributed by atoms with Gasteiger partial charge in [0.1, 0.15) is 0 Å². The highest BCUT2D eigenvalue weighted by molar-refractivity contribution is 7.22. The van der Waals surface area contributed by atoms with Crippen LogP contribution in [0.3, 0.4) is 0 Å². The molecule has 0 fully saturated rings. The largest absolute Gasteiger partial charge is 0.618 e. The van der Waals surface area contributed by atoms with Gasteiger partial charge in [-0.15, -0.1) is 0 Å². The Hall–Kier alpha value is 1.52. The van der Waals surface area contributed by atoms with Crippen molar-refractivity contribution in [3.8, 4) is 0 Å². The summed E-state index contributed by atoms with van der Waals surface area (Å²) in [6.07, 6.45) is 0.342. The van der Waals surface area contributed by atoms with E-state index >= 15 is 0 Å². The highest BCUT2D eigenvalue weighted by Gasteiger charge is 2.15. The van der Waals surface area contributed by atoms with Gasteiger partial charge in [0, 0.05) is 6.10 Å². The second-order valence-corrected chi connectivity index (χ2v) is 9.41. The summed E-state index contributed by atoms with van der Waals surface area (Å²) in [7, 11) is 8.34. The number of hydrogen-bond acceptors (Lipinski definition) is 1. The minimum atomic E-state index is -1.47. The van der Waals surface area contributed by atoms with Crippen LogP contribution in [-0.2, 0) is 4.43 Å². The maximum atomic E-state index is 5.47. The number of hydrogen-bond donors (Lipinski definition) is 0. The molecule has 0 heterocycles. The van der Waals surface area contributed by atoms with Crippen LogP contribution in [-0.4, -0.2) is 32.6 Å². The molecule has 0 aliphatic heterocycles. The van der Waals surface area contributed by atoms with Crippen molar-refractivity contribution in [2.24, 2.45) is 0 Å². The molecule has 11 heavy (non-hydrogen) atoms. The minimum Gasteiger partial charge on any atom is -0.415 e. The Bertz CT molecular complexity index is 85.1. The molecule has 0 aromatic carbocycles. The van der Waals surface area contributed by atoms with Crippen molar-refractivity contribution in [2.75, 3.05) is 0 Å². The molecular weight excluding hydrogens is 211 g/mol. The van der Waals surface area contributed by atoms with Crippen LogP contribution in [0.25, 0.3) is 0 Å². The average Bonchev–Trinajstić information content (AvgIpc) is 1.57. The second-order valence-electron chi connectivity index (χ2n) is 3.03. The molecule has 0 saturated heterocycles. The predicted molar refractivity (Wildman–Crippen MR) is 56.5 cm³/mol. The molecule has 1 nitrogen and oxygen atoms in total. The fraction of sp³-hybridized carbons (Fsp3) is 0.833. The maximum Gasteiger partial charge on any atom is 0.618 e. The van der Waals surface area contributed by atoms with E-state index in [9.17, 15) is 0 Å². The summed E-state index contributed by atoms with van der Waals surface area (Å²) < 4.78 is 5.47. The van der Waals surface area contributed by atoms with E-state index < -0.39 is 26.5 Å². The van der Waals surface area contributed by atoms with E-state index in [1.165, 1.54) is 0 Å². The van der Waals surface area contributed by atoms with Crippen molar-refractivity contribution in [1.29, 1.82) is 0 Å². The molecule has 0 rings (SSSR count). The summed E-state index contributed by atoms with van der Waals surface area (Å²) in [5.74, 6) is 0. The maximum absolute atomic E-state index is 5.47. The molecule has 0 aromatic rings. The van der Waals surface area contributed by atoms with E-state index in [2.05, 4.69) is 19.6 Å². The van der Waals surface area contributed by atoms with Gasteiger partial charge in [0.2, 0.25) is 0 Å². The average molecular weight is 226 g/mol. The van der Waals surface area contributed by atoms with Gasteiger partial charge in [0.25, 0.3) is 0 Å². The van der Waals surface area contributed by atoms with Crippen LogP contribution in [0.15, 0.2) is 0 Å². The Morgan fingerprint density at radius 1 is 1.36 bits per heavy atom. The Morgan fingerprint density at radius 3 is 1.64 bits per heavy atom. The van der Waals surface area contributed by atoms with Crippen LogP contribution in [0, 0.1) is 6.55 Å². The predicted octanol–water partition coefficient (Wildman–Crippen LogP) is 2.99. The van der Waals surface area contributed by atoms with Gasteiger partial charge in [0.15, 0.2) is 8.32 Å². The molecule has 0 aromatic heterocycles. The normalized spacial score (nSPS) is 10.2. The van der Waals surface area contributed by atoms with Gasteiger partial charge in [-0.25, -0.2) is 0 Å². The molecule has 0 bridgehead atoms. The fourth-order valence-electron chi connectivity index (χ4n) is 0.638. The Labute approximate surface area is 88.2 Å². The third-order valence-electron chi connectivity index (χ3n) is 0.555. The molecule has 0 spiro atoms. The van der Waals surface area contributed by atoms with Crippen molar-refractivity contribution in [3.05, 3.63) is 6.55 Å². The number of rotatable bonds is 2. The lowest BCUT2D eigenvalue weighted by Crippen LogP contribution is -2.29. The first-order chi connectivity index (χ1) is 4.83. The van der Waals surface area contributed by atoms with Crippen LogP contribution in [0.1, 0.15) is 13.8 Å². The third-order valence-corrected chi connectivity index (χ3v) is 1.66. The van der Waals surface area contributed by atoms with E-state index in [-0.39, 0.29) is 0 Å². The Balaban J connectivity index is 0. The van der Waals surface area contributed by atoms with Crippen LogP contribution < -0.4 is 0 Å².